The second-order valence-electron chi connectivity index (χ2n) is 5.87. The lowest BCUT2D eigenvalue weighted by atomic mass is 10.1. The SMILES string of the molecule is COCCCN(Cc1ccc(OS(C)(=O)=O)cc1)C(=O)c1ccccc1. The van der Waals surface area contributed by atoms with Gasteiger partial charge in [0.2, 0.25) is 0 Å². The molecule has 0 saturated heterocycles. The molecule has 0 radical (unpaired) electrons. The molecule has 2 aromatic rings. The molecule has 0 aliphatic heterocycles. The lowest BCUT2D eigenvalue weighted by molar-refractivity contribution is 0.0723. The van der Waals surface area contributed by atoms with Crippen LogP contribution in [0.1, 0.15) is 22.3 Å². The fourth-order valence-corrected chi connectivity index (χ4v) is 2.92. The Hall–Kier alpha value is -2.38. The first-order valence-corrected chi connectivity index (χ1v) is 10.0. The molecule has 0 fully saturated rings. The zero-order valence-electron chi connectivity index (χ0n) is 14.9. The predicted octanol–water partition coefficient (Wildman–Crippen LogP) is 2.70. The Morgan fingerprint density at radius 3 is 2.27 bits per heavy atom. The Bertz CT molecular complexity index is 804. The second-order valence-corrected chi connectivity index (χ2v) is 7.45. The summed E-state index contributed by atoms with van der Waals surface area (Å²) in [5.74, 6) is 0.190. The standard InChI is InChI=1S/C19H23NO5S/c1-24-14-6-13-20(19(21)17-7-4-3-5-8-17)15-16-9-11-18(12-10-16)25-26(2,22)23/h3-5,7-12H,6,13-15H2,1-2H3. The number of carbonyl (C=O) groups is 1. The van der Waals surface area contributed by atoms with Crippen LogP contribution in [0.15, 0.2) is 54.6 Å². The van der Waals surface area contributed by atoms with Crippen LogP contribution in [-0.2, 0) is 21.4 Å². The van der Waals surface area contributed by atoms with Gasteiger partial charge in [-0.3, -0.25) is 4.79 Å². The lowest BCUT2D eigenvalue weighted by Crippen LogP contribution is -2.32. The van der Waals surface area contributed by atoms with Crippen molar-refractivity contribution >= 4 is 16.0 Å². The van der Waals surface area contributed by atoms with Gasteiger partial charge in [0.1, 0.15) is 5.75 Å². The normalized spacial score (nSPS) is 11.2. The lowest BCUT2D eigenvalue weighted by Gasteiger charge is -2.23. The van der Waals surface area contributed by atoms with Crippen molar-refractivity contribution in [1.29, 1.82) is 0 Å². The van der Waals surface area contributed by atoms with Gasteiger partial charge in [-0.2, -0.15) is 8.42 Å². The van der Waals surface area contributed by atoms with Crippen molar-refractivity contribution in [2.45, 2.75) is 13.0 Å². The van der Waals surface area contributed by atoms with E-state index < -0.39 is 10.1 Å². The second kappa shape index (κ2) is 9.35. The molecule has 26 heavy (non-hydrogen) atoms. The Morgan fingerprint density at radius 1 is 1.04 bits per heavy atom. The summed E-state index contributed by atoms with van der Waals surface area (Å²) >= 11 is 0. The molecule has 0 atom stereocenters. The molecule has 0 aliphatic carbocycles. The van der Waals surface area contributed by atoms with E-state index in [0.29, 0.717) is 25.3 Å². The fourth-order valence-electron chi connectivity index (χ4n) is 2.46. The molecule has 6 nitrogen and oxygen atoms in total. The van der Waals surface area contributed by atoms with E-state index in [-0.39, 0.29) is 11.7 Å². The smallest absolute Gasteiger partial charge is 0.306 e. The zero-order valence-corrected chi connectivity index (χ0v) is 15.7. The van der Waals surface area contributed by atoms with Crippen LogP contribution in [0.3, 0.4) is 0 Å². The number of methoxy groups -OCH3 is 1. The van der Waals surface area contributed by atoms with Crippen LogP contribution in [-0.4, -0.2) is 45.7 Å². The molecule has 140 valence electrons. The Balaban J connectivity index is 2.11. The maximum atomic E-state index is 12.8. The minimum atomic E-state index is -3.56. The van der Waals surface area contributed by atoms with Gasteiger partial charge < -0.3 is 13.8 Å². The van der Waals surface area contributed by atoms with Crippen LogP contribution in [0, 0.1) is 0 Å². The zero-order chi connectivity index (χ0) is 19.0. The van der Waals surface area contributed by atoms with Crippen molar-refractivity contribution < 1.29 is 22.1 Å². The molecule has 1 amide bonds. The number of hydrogen-bond acceptors (Lipinski definition) is 5. The van der Waals surface area contributed by atoms with Gasteiger partial charge in [0.25, 0.3) is 5.91 Å². The number of nitrogens with zero attached hydrogens (tertiary/aromatic N) is 1. The van der Waals surface area contributed by atoms with Crippen LogP contribution in [0.2, 0.25) is 0 Å². The minimum absolute atomic E-state index is 0.0573. The highest BCUT2D eigenvalue weighted by Gasteiger charge is 2.16. The molecular formula is C19H23NO5S. The average Bonchev–Trinajstić information content (AvgIpc) is 2.61. The van der Waals surface area contributed by atoms with Crippen molar-refractivity contribution in [3.8, 4) is 5.75 Å². The molecule has 2 aromatic carbocycles. The van der Waals surface area contributed by atoms with E-state index in [1.807, 2.05) is 18.2 Å². The van der Waals surface area contributed by atoms with Crippen LogP contribution >= 0.6 is 0 Å². The summed E-state index contributed by atoms with van der Waals surface area (Å²) in [7, 11) is -1.93. The van der Waals surface area contributed by atoms with Crippen molar-refractivity contribution in [3.63, 3.8) is 0 Å². The summed E-state index contributed by atoms with van der Waals surface area (Å²) < 4.78 is 32.3. The number of carbonyl (C=O) groups excluding carboxylic acids is 1. The number of rotatable bonds is 9. The van der Waals surface area contributed by atoms with Crippen molar-refractivity contribution in [1.82, 2.24) is 4.90 Å². The third kappa shape index (κ3) is 6.50. The Labute approximate surface area is 154 Å². The number of hydrogen-bond donors (Lipinski definition) is 0. The van der Waals surface area contributed by atoms with Crippen LogP contribution in [0.25, 0.3) is 0 Å². The molecule has 0 saturated carbocycles. The molecule has 0 aliphatic rings. The number of amides is 1. The van der Waals surface area contributed by atoms with Crippen LogP contribution < -0.4 is 4.18 Å². The molecule has 0 heterocycles. The molecular weight excluding hydrogens is 354 g/mol. The summed E-state index contributed by atoms with van der Waals surface area (Å²) in [5, 5.41) is 0. The van der Waals surface area contributed by atoms with Crippen molar-refractivity contribution in [2.24, 2.45) is 0 Å². The van der Waals surface area contributed by atoms with Gasteiger partial charge in [0.05, 0.1) is 6.26 Å². The highest BCUT2D eigenvalue weighted by atomic mass is 32.2. The molecule has 0 aromatic heterocycles. The van der Waals surface area contributed by atoms with Crippen LogP contribution in [0.5, 0.6) is 5.75 Å². The third-order valence-electron chi connectivity index (χ3n) is 3.63. The number of benzene rings is 2. The molecule has 7 heteroatoms. The van der Waals surface area contributed by atoms with E-state index in [1.54, 1.807) is 48.4 Å². The predicted molar refractivity (Wildman–Crippen MR) is 99.6 cm³/mol. The first-order chi connectivity index (χ1) is 12.4. The first kappa shape index (κ1) is 19.9. The average molecular weight is 377 g/mol. The van der Waals surface area contributed by atoms with Gasteiger partial charge in [0, 0.05) is 32.4 Å². The minimum Gasteiger partial charge on any atom is -0.385 e. The first-order valence-electron chi connectivity index (χ1n) is 8.21. The van der Waals surface area contributed by atoms with E-state index >= 15 is 0 Å². The highest BCUT2D eigenvalue weighted by molar-refractivity contribution is 7.86. The van der Waals surface area contributed by atoms with Crippen molar-refractivity contribution in [2.75, 3.05) is 26.5 Å². The third-order valence-corrected chi connectivity index (χ3v) is 4.12. The Morgan fingerprint density at radius 2 is 1.69 bits per heavy atom. The van der Waals surface area contributed by atoms with Crippen molar-refractivity contribution in [3.05, 3.63) is 65.7 Å². The summed E-state index contributed by atoms with van der Waals surface area (Å²) in [5.41, 5.74) is 1.51. The van der Waals surface area contributed by atoms with E-state index in [9.17, 15) is 13.2 Å². The van der Waals surface area contributed by atoms with E-state index in [0.717, 1.165) is 18.2 Å². The maximum absolute atomic E-state index is 12.8. The monoisotopic (exact) mass is 377 g/mol. The molecule has 0 unspecified atom stereocenters. The van der Waals surface area contributed by atoms with Gasteiger partial charge in [-0.1, -0.05) is 30.3 Å². The van der Waals surface area contributed by atoms with Gasteiger partial charge in [-0.05, 0) is 36.2 Å². The maximum Gasteiger partial charge on any atom is 0.306 e. The number of ether oxygens (including phenoxy) is 1. The van der Waals surface area contributed by atoms with Gasteiger partial charge >= 0.3 is 10.1 Å². The van der Waals surface area contributed by atoms with E-state index in [1.165, 1.54) is 0 Å². The van der Waals surface area contributed by atoms with Gasteiger partial charge in [0.15, 0.2) is 0 Å². The summed E-state index contributed by atoms with van der Waals surface area (Å²) in [6.45, 7) is 1.54. The van der Waals surface area contributed by atoms with Gasteiger partial charge in [-0.25, -0.2) is 0 Å². The van der Waals surface area contributed by atoms with E-state index in [4.69, 9.17) is 8.92 Å². The highest BCUT2D eigenvalue weighted by Crippen LogP contribution is 2.16. The topological polar surface area (TPSA) is 72.9 Å². The summed E-state index contributed by atoms with van der Waals surface area (Å²) in [4.78, 5) is 14.5. The fraction of sp³-hybridized carbons (Fsp3) is 0.316. The molecule has 2 rings (SSSR count). The van der Waals surface area contributed by atoms with E-state index in [2.05, 4.69) is 0 Å². The molecule has 0 bridgehead atoms. The molecule has 0 spiro atoms. The summed E-state index contributed by atoms with van der Waals surface area (Å²) in [6.07, 6.45) is 1.72. The molecule has 0 N–H and O–H groups in total. The quantitative estimate of drug-likeness (QED) is 0.496. The largest absolute Gasteiger partial charge is 0.385 e. The van der Waals surface area contributed by atoms with Gasteiger partial charge in [-0.15, -0.1) is 0 Å². The summed E-state index contributed by atoms with van der Waals surface area (Å²) in [6, 6.07) is 15.8. The van der Waals surface area contributed by atoms with Crippen LogP contribution in [0.4, 0.5) is 0 Å². The Kier molecular flexibility index (Phi) is 7.17.